The van der Waals surface area contributed by atoms with Crippen molar-refractivity contribution in [3.63, 3.8) is 0 Å². The minimum atomic E-state index is 0.485. The Hall–Kier alpha value is -1.56. The third kappa shape index (κ3) is 2.26. The standard InChI is InChI=1S/C11H13BrN4O/c1-6-10(7(2)16(3)15-6)17-11-9(12)4-8(13)5-14-11/h4-5H,13H2,1-3H3. The second-order valence-corrected chi connectivity index (χ2v) is 4.64. The predicted octanol–water partition coefficient (Wildman–Crippen LogP) is 2.57. The second kappa shape index (κ2) is 4.37. The summed E-state index contributed by atoms with van der Waals surface area (Å²) in [7, 11) is 1.88. The molecule has 0 radical (unpaired) electrons. The first kappa shape index (κ1) is 11.9. The Morgan fingerprint density at radius 3 is 2.65 bits per heavy atom. The quantitative estimate of drug-likeness (QED) is 0.925. The van der Waals surface area contributed by atoms with Crippen LogP contribution in [0.1, 0.15) is 11.4 Å². The third-order valence-corrected chi connectivity index (χ3v) is 3.04. The molecule has 5 nitrogen and oxygen atoms in total. The normalized spacial score (nSPS) is 10.6. The molecule has 0 fully saturated rings. The lowest BCUT2D eigenvalue weighted by Crippen LogP contribution is -1.95. The molecule has 0 bridgehead atoms. The summed E-state index contributed by atoms with van der Waals surface area (Å²) >= 11 is 3.37. The van der Waals surface area contributed by atoms with Gasteiger partial charge in [-0.25, -0.2) is 4.98 Å². The molecule has 6 heteroatoms. The highest BCUT2D eigenvalue weighted by atomic mass is 79.9. The van der Waals surface area contributed by atoms with Crippen molar-refractivity contribution in [2.45, 2.75) is 13.8 Å². The van der Waals surface area contributed by atoms with E-state index < -0.39 is 0 Å². The van der Waals surface area contributed by atoms with E-state index in [4.69, 9.17) is 10.5 Å². The van der Waals surface area contributed by atoms with Gasteiger partial charge in [0.15, 0.2) is 5.75 Å². The number of hydrogen-bond donors (Lipinski definition) is 1. The van der Waals surface area contributed by atoms with Crippen LogP contribution in [0.15, 0.2) is 16.7 Å². The number of halogens is 1. The molecule has 2 N–H and O–H groups in total. The fourth-order valence-corrected chi connectivity index (χ4v) is 1.96. The summed E-state index contributed by atoms with van der Waals surface area (Å²) in [6.07, 6.45) is 1.56. The van der Waals surface area contributed by atoms with E-state index in [9.17, 15) is 0 Å². The van der Waals surface area contributed by atoms with Gasteiger partial charge in [0.2, 0.25) is 5.88 Å². The van der Waals surface area contributed by atoms with Gasteiger partial charge in [-0.1, -0.05) is 0 Å². The smallest absolute Gasteiger partial charge is 0.233 e. The summed E-state index contributed by atoms with van der Waals surface area (Å²) in [6.45, 7) is 3.84. The van der Waals surface area contributed by atoms with Crippen molar-refractivity contribution in [3.8, 4) is 11.6 Å². The lowest BCUT2D eigenvalue weighted by atomic mass is 10.3. The molecule has 0 unspecified atom stereocenters. The zero-order chi connectivity index (χ0) is 12.6. The van der Waals surface area contributed by atoms with Crippen LogP contribution in [0.25, 0.3) is 0 Å². The van der Waals surface area contributed by atoms with Crippen molar-refractivity contribution in [2.75, 3.05) is 5.73 Å². The number of hydrogen-bond acceptors (Lipinski definition) is 4. The molecule has 2 rings (SSSR count). The lowest BCUT2D eigenvalue weighted by molar-refractivity contribution is 0.452. The summed E-state index contributed by atoms with van der Waals surface area (Å²) in [5.74, 6) is 1.21. The molecule has 0 spiro atoms. The summed E-state index contributed by atoms with van der Waals surface area (Å²) in [4.78, 5) is 4.13. The van der Waals surface area contributed by atoms with E-state index in [1.54, 1.807) is 16.9 Å². The average molecular weight is 297 g/mol. The maximum Gasteiger partial charge on any atom is 0.233 e. The summed E-state index contributed by atoms with van der Waals surface area (Å²) < 4.78 is 8.25. The molecule has 0 aliphatic heterocycles. The van der Waals surface area contributed by atoms with Gasteiger partial charge in [-0.2, -0.15) is 5.10 Å². The molecule has 2 aromatic heterocycles. The van der Waals surface area contributed by atoms with Crippen molar-refractivity contribution in [1.29, 1.82) is 0 Å². The average Bonchev–Trinajstić information content (AvgIpc) is 2.48. The second-order valence-electron chi connectivity index (χ2n) is 3.78. The van der Waals surface area contributed by atoms with Gasteiger partial charge in [0.05, 0.1) is 22.1 Å². The van der Waals surface area contributed by atoms with Crippen LogP contribution in [0.5, 0.6) is 11.6 Å². The van der Waals surface area contributed by atoms with Gasteiger partial charge in [-0.05, 0) is 35.8 Å². The van der Waals surface area contributed by atoms with E-state index in [1.165, 1.54) is 0 Å². The zero-order valence-electron chi connectivity index (χ0n) is 9.86. The summed E-state index contributed by atoms with van der Waals surface area (Å²) in [6, 6.07) is 1.75. The van der Waals surface area contributed by atoms with E-state index in [0.29, 0.717) is 11.6 Å². The highest BCUT2D eigenvalue weighted by Crippen LogP contribution is 2.32. The lowest BCUT2D eigenvalue weighted by Gasteiger charge is -2.07. The third-order valence-electron chi connectivity index (χ3n) is 2.47. The Bertz CT molecular complexity index is 565. The minimum Gasteiger partial charge on any atom is -0.434 e. The fourth-order valence-electron chi connectivity index (χ4n) is 1.51. The Labute approximate surface area is 108 Å². The Morgan fingerprint density at radius 1 is 1.41 bits per heavy atom. The number of nitrogens with zero attached hydrogens (tertiary/aromatic N) is 3. The first-order chi connectivity index (χ1) is 7.99. The Balaban J connectivity index is 2.38. The molecule has 0 aliphatic carbocycles. The van der Waals surface area contributed by atoms with E-state index >= 15 is 0 Å². The van der Waals surface area contributed by atoms with Crippen LogP contribution in [-0.4, -0.2) is 14.8 Å². The molecule has 0 aromatic carbocycles. The number of rotatable bonds is 2. The van der Waals surface area contributed by atoms with Gasteiger partial charge >= 0.3 is 0 Å². The largest absolute Gasteiger partial charge is 0.434 e. The highest BCUT2D eigenvalue weighted by molar-refractivity contribution is 9.10. The highest BCUT2D eigenvalue weighted by Gasteiger charge is 2.14. The Morgan fingerprint density at radius 2 is 2.12 bits per heavy atom. The van der Waals surface area contributed by atoms with Crippen molar-refractivity contribution in [3.05, 3.63) is 28.1 Å². The van der Waals surface area contributed by atoms with Crippen molar-refractivity contribution in [1.82, 2.24) is 14.8 Å². The number of nitrogens with two attached hydrogens (primary N) is 1. The summed E-state index contributed by atoms with van der Waals surface area (Å²) in [5.41, 5.74) is 7.99. The van der Waals surface area contributed by atoms with E-state index in [-0.39, 0.29) is 0 Å². The topological polar surface area (TPSA) is 66.0 Å². The van der Waals surface area contributed by atoms with E-state index in [0.717, 1.165) is 21.6 Å². The van der Waals surface area contributed by atoms with Crippen molar-refractivity contribution in [2.24, 2.45) is 7.05 Å². The van der Waals surface area contributed by atoms with Crippen LogP contribution in [-0.2, 0) is 7.05 Å². The molecule has 17 heavy (non-hydrogen) atoms. The minimum absolute atomic E-state index is 0.485. The van der Waals surface area contributed by atoms with Crippen molar-refractivity contribution < 1.29 is 4.74 Å². The van der Waals surface area contributed by atoms with Gasteiger partial charge in [0.1, 0.15) is 5.69 Å². The molecule has 0 atom stereocenters. The molecule has 0 saturated carbocycles. The van der Waals surface area contributed by atoms with Crippen LogP contribution in [0, 0.1) is 13.8 Å². The van der Waals surface area contributed by atoms with Gasteiger partial charge < -0.3 is 10.5 Å². The monoisotopic (exact) mass is 296 g/mol. The molecule has 0 amide bonds. The van der Waals surface area contributed by atoms with Crippen LogP contribution < -0.4 is 10.5 Å². The van der Waals surface area contributed by atoms with Gasteiger partial charge in [-0.3, -0.25) is 4.68 Å². The molecular weight excluding hydrogens is 284 g/mol. The number of ether oxygens (including phenoxy) is 1. The maximum atomic E-state index is 5.75. The van der Waals surface area contributed by atoms with Crippen molar-refractivity contribution >= 4 is 21.6 Å². The van der Waals surface area contributed by atoms with E-state index in [1.807, 2.05) is 20.9 Å². The molecule has 0 saturated heterocycles. The van der Waals surface area contributed by atoms with Crippen LogP contribution in [0.4, 0.5) is 5.69 Å². The Kier molecular flexibility index (Phi) is 3.06. The van der Waals surface area contributed by atoms with Gasteiger partial charge in [0.25, 0.3) is 0 Å². The first-order valence-corrected chi connectivity index (χ1v) is 5.87. The van der Waals surface area contributed by atoms with E-state index in [2.05, 4.69) is 26.0 Å². The molecule has 90 valence electrons. The zero-order valence-corrected chi connectivity index (χ0v) is 11.4. The van der Waals surface area contributed by atoms with Crippen LogP contribution >= 0.6 is 15.9 Å². The molecule has 2 aromatic rings. The molecule has 2 heterocycles. The number of nitrogen functional groups attached to an aromatic ring is 1. The number of anilines is 1. The molecular formula is C11H13BrN4O. The summed E-state index contributed by atoms with van der Waals surface area (Å²) in [5, 5.41) is 4.28. The van der Waals surface area contributed by atoms with Gasteiger partial charge in [-0.15, -0.1) is 0 Å². The number of aromatic nitrogens is 3. The predicted molar refractivity (Wildman–Crippen MR) is 69.1 cm³/mol. The number of pyridine rings is 1. The number of aryl methyl sites for hydroxylation is 2. The molecule has 0 aliphatic rings. The fraction of sp³-hybridized carbons (Fsp3) is 0.273. The SMILES string of the molecule is Cc1nn(C)c(C)c1Oc1ncc(N)cc1Br. The van der Waals surface area contributed by atoms with Crippen LogP contribution in [0.2, 0.25) is 0 Å². The first-order valence-electron chi connectivity index (χ1n) is 5.08. The van der Waals surface area contributed by atoms with Gasteiger partial charge in [0, 0.05) is 7.05 Å². The maximum absolute atomic E-state index is 5.75. The van der Waals surface area contributed by atoms with Crippen LogP contribution in [0.3, 0.4) is 0 Å².